The smallest absolute Gasteiger partial charge is 0.279 e. The molecule has 1 heterocycles. The fourth-order valence-corrected chi connectivity index (χ4v) is 3.16. The minimum Gasteiger partial charge on any atom is -0.327 e. The Morgan fingerprint density at radius 1 is 1.19 bits per heavy atom. The number of anilines is 1. The summed E-state index contributed by atoms with van der Waals surface area (Å²) in [5.41, 5.74) is 3.40. The molecule has 21 heavy (non-hydrogen) atoms. The Morgan fingerprint density at radius 3 is 2.48 bits per heavy atom. The molecule has 1 aliphatic heterocycles. The molecule has 0 aliphatic carbocycles. The van der Waals surface area contributed by atoms with Gasteiger partial charge in [0.1, 0.15) is 0 Å². The molecular weight excluding hydrogens is 260 g/mol. The molecule has 0 unspecified atom stereocenters. The highest BCUT2D eigenvalue weighted by Gasteiger charge is 2.18. The van der Waals surface area contributed by atoms with E-state index in [1.54, 1.807) is 0 Å². The van der Waals surface area contributed by atoms with Crippen LogP contribution in [0.25, 0.3) is 0 Å². The second-order valence-electron chi connectivity index (χ2n) is 6.58. The van der Waals surface area contributed by atoms with E-state index in [0.717, 1.165) is 24.3 Å². The highest BCUT2D eigenvalue weighted by Crippen LogP contribution is 2.27. The number of hydrogen-bond acceptors (Lipinski definition) is 1. The number of aryl methyl sites for hydroxylation is 1. The number of rotatable bonds is 4. The van der Waals surface area contributed by atoms with Crippen molar-refractivity contribution in [3.63, 3.8) is 0 Å². The highest BCUT2D eigenvalue weighted by atomic mass is 16.2. The van der Waals surface area contributed by atoms with Crippen molar-refractivity contribution in [1.82, 2.24) is 0 Å². The largest absolute Gasteiger partial charge is 0.327 e. The lowest BCUT2D eigenvalue weighted by Crippen LogP contribution is -3.12. The van der Waals surface area contributed by atoms with Gasteiger partial charge in [-0.05, 0) is 49.7 Å². The molecule has 2 N–H and O–H groups in total. The molecule has 116 valence electrons. The second-order valence-corrected chi connectivity index (χ2v) is 6.58. The third-order valence-corrected chi connectivity index (χ3v) is 4.41. The number of likely N-dealkylation sites (tertiary alicyclic amines) is 1. The van der Waals surface area contributed by atoms with Gasteiger partial charge in [0.2, 0.25) is 0 Å². The van der Waals surface area contributed by atoms with Crippen LogP contribution in [0.3, 0.4) is 0 Å². The van der Waals surface area contributed by atoms with Crippen LogP contribution < -0.4 is 10.2 Å². The quantitative estimate of drug-likeness (QED) is 0.877. The van der Waals surface area contributed by atoms with E-state index in [0.29, 0.717) is 12.5 Å². The van der Waals surface area contributed by atoms with E-state index >= 15 is 0 Å². The van der Waals surface area contributed by atoms with Gasteiger partial charge in [0.05, 0.1) is 13.1 Å². The molecule has 0 radical (unpaired) electrons. The molecule has 1 aromatic rings. The van der Waals surface area contributed by atoms with Gasteiger partial charge in [-0.3, -0.25) is 4.79 Å². The van der Waals surface area contributed by atoms with Gasteiger partial charge in [0.25, 0.3) is 5.91 Å². The van der Waals surface area contributed by atoms with Crippen molar-refractivity contribution < 1.29 is 9.69 Å². The van der Waals surface area contributed by atoms with Crippen molar-refractivity contribution in [3.8, 4) is 0 Å². The van der Waals surface area contributed by atoms with Gasteiger partial charge in [-0.25, -0.2) is 0 Å². The van der Waals surface area contributed by atoms with Crippen molar-refractivity contribution >= 4 is 11.6 Å². The van der Waals surface area contributed by atoms with Crippen LogP contribution in [0.5, 0.6) is 0 Å². The highest BCUT2D eigenvalue weighted by molar-refractivity contribution is 5.93. The van der Waals surface area contributed by atoms with Gasteiger partial charge < -0.3 is 10.2 Å². The maximum Gasteiger partial charge on any atom is 0.279 e. The SMILES string of the molecule is Cc1cccc(C(C)C)c1NC(=O)C[NH+]1CCCCCC1. The minimum atomic E-state index is 0.156. The molecule has 1 fully saturated rings. The fraction of sp³-hybridized carbons (Fsp3) is 0.611. The van der Waals surface area contributed by atoms with Crippen molar-refractivity contribution in [2.75, 3.05) is 25.0 Å². The molecule has 0 saturated carbocycles. The van der Waals surface area contributed by atoms with E-state index in [2.05, 4.69) is 44.3 Å². The molecule has 3 heteroatoms. The molecule has 0 aromatic heterocycles. The number of carbonyl (C=O) groups excluding carboxylic acids is 1. The molecule has 0 spiro atoms. The van der Waals surface area contributed by atoms with E-state index in [-0.39, 0.29) is 5.91 Å². The minimum absolute atomic E-state index is 0.156. The summed E-state index contributed by atoms with van der Waals surface area (Å²) in [6, 6.07) is 6.26. The fourth-order valence-electron chi connectivity index (χ4n) is 3.16. The van der Waals surface area contributed by atoms with Gasteiger partial charge >= 0.3 is 0 Å². The molecule has 3 nitrogen and oxygen atoms in total. The van der Waals surface area contributed by atoms with E-state index in [4.69, 9.17) is 0 Å². The Morgan fingerprint density at radius 2 is 1.86 bits per heavy atom. The van der Waals surface area contributed by atoms with Crippen LogP contribution in [0.4, 0.5) is 5.69 Å². The van der Waals surface area contributed by atoms with Crippen molar-refractivity contribution in [3.05, 3.63) is 29.3 Å². The van der Waals surface area contributed by atoms with Gasteiger partial charge in [-0.15, -0.1) is 0 Å². The lowest BCUT2D eigenvalue weighted by molar-refractivity contribution is -0.890. The van der Waals surface area contributed by atoms with Crippen LogP contribution in [0, 0.1) is 6.92 Å². The zero-order valence-electron chi connectivity index (χ0n) is 13.7. The summed E-state index contributed by atoms with van der Waals surface area (Å²) < 4.78 is 0. The molecule has 1 aliphatic rings. The summed E-state index contributed by atoms with van der Waals surface area (Å²) in [4.78, 5) is 13.8. The summed E-state index contributed by atoms with van der Waals surface area (Å²) in [5, 5.41) is 3.17. The normalized spacial score (nSPS) is 16.8. The number of quaternary nitrogens is 1. The first-order valence-corrected chi connectivity index (χ1v) is 8.31. The summed E-state index contributed by atoms with van der Waals surface area (Å²) in [6.45, 7) is 9.29. The molecule has 0 bridgehead atoms. The van der Waals surface area contributed by atoms with Gasteiger partial charge in [-0.1, -0.05) is 32.0 Å². The van der Waals surface area contributed by atoms with Gasteiger partial charge in [-0.2, -0.15) is 0 Å². The monoisotopic (exact) mass is 289 g/mol. The Bertz CT molecular complexity index is 474. The number of benzene rings is 1. The maximum absolute atomic E-state index is 12.4. The molecule has 2 rings (SSSR count). The number of nitrogens with one attached hydrogen (secondary N) is 2. The number of carbonyl (C=O) groups is 1. The first-order valence-electron chi connectivity index (χ1n) is 8.31. The summed E-state index contributed by atoms with van der Waals surface area (Å²) in [7, 11) is 0. The van der Waals surface area contributed by atoms with E-state index in [1.807, 2.05) is 0 Å². The topological polar surface area (TPSA) is 33.5 Å². The lowest BCUT2D eigenvalue weighted by Gasteiger charge is -2.19. The number of hydrogen-bond donors (Lipinski definition) is 2. The van der Waals surface area contributed by atoms with Gasteiger partial charge in [0, 0.05) is 5.69 Å². The number of amides is 1. The lowest BCUT2D eigenvalue weighted by atomic mass is 9.98. The first kappa shape index (κ1) is 16.0. The first-order chi connectivity index (χ1) is 10.1. The van der Waals surface area contributed by atoms with E-state index < -0.39 is 0 Å². The van der Waals surface area contributed by atoms with Gasteiger partial charge in [0.15, 0.2) is 6.54 Å². The maximum atomic E-state index is 12.4. The van der Waals surface area contributed by atoms with Crippen LogP contribution in [0.1, 0.15) is 56.6 Å². The van der Waals surface area contributed by atoms with Crippen LogP contribution in [-0.2, 0) is 4.79 Å². The number of para-hydroxylation sites is 1. The Kier molecular flexibility index (Phi) is 5.80. The van der Waals surface area contributed by atoms with Crippen molar-refractivity contribution in [2.24, 2.45) is 0 Å². The molecule has 1 saturated heterocycles. The standard InChI is InChI=1S/C18H28N2O/c1-14(2)16-10-8-9-15(3)18(16)19-17(21)13-20-11-6-4-5-7-12-20/h8-10,14H,4-7,11-13H2,1-3H3,(H,19,21)/p+1. The predicted molar refractivity (Wildman–Crippen MR) is 87.9 cm³/mol. The van der Waals surface area contributed by atoms with Crippen LogP contribution in [0.2, 0.25) is 0 Å². The third kappa shape index (κ3) is 4.57. The van der Waals surface area contributed by atoms with E-state index in [9.17, 15) is 4.79 Å². The molecular formula is C18H29N2O+. The third-order valence-electron chi connectivity index (χ3n) is 4.41. The zero-order valence-corrected chi connectivity index (χ0v) is 13.7. The average Bonchev–Trinajstić information content (AvgIpc) is 2.69. The van der Waals surface area contributed by atoms with Crippen molar-refractivity contribution in [2.45, 2.75) is 52.4 Å². The molecule has 0 atom stereocenters. The summed E-state index contributed by atoms with van der Waals surface area (Å²) in [5.74, 6) is 0.578. The zero-order chi connectivity index (χ0) is 15.2. The van der Waals surface area contributed by atoms with Crippen molar-refractivity contribution in [1.29, 1.82) is 0 Å². The summed E-state index contributed by atoms with van der Waals surface area (Å²) in [6.07, 6.45) is 5.15. The Labute approximate surface area is 128 Å². The van der Waals surface area contributed by atoms with E-state index in [1.165, 1.54) is 36.1 Å². The second kappa shape index (κ2) is 7.60. The van der Waals surface area contributed by atoms with Crippen LogP contribution in [0.15, 0.2) is 18.2 Å². The molecule has 1 aromatic carbocycles. The summed E-state index contributed by atoms with van der Waals surface area (Å²) >= 11 is 0. The Balaban J connectivity index is 2.02. The van der Waals surface area contributed by atoms with Crippen LogP contribution in [-0.4, -0.2) is 25.5 Å². The average molecular weight is 289 g/mol. The van der Waals surface area contributed by atoms with Crippen LogP contribution >= 0.6 is 0 Å². The predicted octanol–water partition coefficient (Wildman–Crippen LogP) is 2.52. The molecule has 1 amide bonds. The Hall–Kier alpha value is -1.35.